The maximum atomic E-state index is 11.9. The van der Waals surface area contributed by atoms with E-state index in [4.69, 9.17) is 0 Å². The zero-order valence-corrected chi connectivity index (χ0v) is 7.70. The summed E-state index contributed by atoms with van der Waals surface area (Å²) in [6.45, 7) is 4.21. The molecule has 0 aromatic carbocycles. The maximum absolute atomic E-state index is 11.9. The molecule has 0 atom stereocenters. The summed E-state index contributed by atoms with van der Waals surface area (Å²) in [5.74, 6) is -0.718. The van der Waals surface area contributed by atoms with E-state index in [9.17, 15) is 18.0 Å². The molecule has 0 spiro atoms. The Morgan fingerprint density at radius 1 is 1.38 bits per heavy atom. The first-order chi connectivity index (χ1) is 5.73. The molecule has 0 heterocycles. The lowest BCUT2D eigenvalue weighted by Gasteiger charge is -2.08. The molecule has 0 aromatic heterocycles. The van der Waals surface area contributed by atoms with Gasteiger partial charge in [0.25, 0.3) is 0 Å². The van der Waals surface area contributed by atoms with Gasteiger partial charge >= 0.3 is 6.18 Å². The lowest BCUT2D eigenvalue weighted by molar-refractivity contribution is -0.118. The molecule has 13 heavy (non-hydrogen) atoms. The van der Waals surface area contributed by atoms with Crippen LogP contribution in [0.25, 0.3) is 0 Å². The number of alkyl halides is 3. The van der Waals surface area contributed by atoms with Gasteiger partial charge in [-0.1, -0.05) is 0 Å². The molecule has 0 fully saturated rings. The molecule has 0 unspecified atom stereocenters. The predicted octanol–water partition coefficient (Wildman–Crippen LogP) is 2.02. The third kappa shape index (κ3) is 5.27. The van der Waals surface area contributed by atoms with E-state index < -0.39 is 17.7 Å². The second kappa shape index (κ2) is 4.30. The molecule has 0 bridgehead atoms. The second-order valence-electron chi connectivity index (χ2n) is 2.99. The van der Waals surface area contributed by atoms with Crippen molar-refractivity contribution >= 4 is 5.91 Å². The molecule has 0 radical (unpaired) electrons. The summed E-state index contributed by atoms with van der Waals surface area (Å²) in [6, 6.07) is -0.162. The highest BCUT2D eigenvalue weighted by molar-refractivity contribution is 5.88. The van der Waals surface area contributed by atoms with Crippen LogP contribution in [-0.4, -0.2) is 18.1 Å². The summed E-state index contributed by atoms with van der Waals surface area (Å²) in [4.78, 5) is 10.8. The minimum atomic E-state index is -4.42. The fraction of sp³-hybridized carbons (Fsp3) is 0.625. The predicted molar refractivity (Wildman–Crippen MR) is 43.1 cm³/mol. The van der Waals surface area contributed by atoms with Gasteiger partial charge in [-0.05, 0) is 20.8 Å². The zero-order valence-electron chi connectivity index (χ0n) is 7.70. The van der Waals surface area contributed by atoms with E-state index >= 15 is 0 Å². The maximum Gasteiger partial charge on any atom is 0.412 e. The highest BCUT2D eigenvalue weighted by Crippen LogP contribution is 2.24. The van der Waals surface area contributed by atoms with Gasteiger partial charge in [-0.2, -0.15) is 13.2 Å². The zero-order chi connectivity index (χ0) is 10.6. The molecule has 0 aliphatic heterocycles. The number of amides is 1. The van der Waals surface area contributed by atoms with Gasteiger partial charge in [0.05, 0.1) is 0 Å². The van der Waals surface area contributed by atoms with Gasteiger partial charge in [0.2, 0.25) is 5.91 Å². The van der Waals surface area contributed by atoms with Crippen LogP contribution >= 0.6 is 0 Å². The van der Waals surface area contributed by atoms with E-state index in [1.807, 2.05) is 0 Å². The van der Waals surface area contributed by atoms with Crippen molar-refractivity contribution in [3.8, 4) is 0 Å². The number of rotatable bonds is 2. The summed E-state index contributed by atoms with van der Waals surface area (Å²) < 4.78 is 35.7. The van der Waals surface area contributed by atoms with Gasteiger partial charge in [-0.3, -0.25) is 4.79 Å². The third-order valence-corrected chi connectivity index (χ3v) is 1.23. The molecule has 1 amide bonds. The van der Waals surface area contributed by atoms with Crippen LogP contribution in [0, 0.1) is 0 Å². The first-order valence-electron chi connectivity index (χ1n) is 3.79. The van der Waals surface area contributed by atoms with E-state index in [2.05, 4.69) is 5.32 Å². The van der Waals surface area contributed by atoms with Gasteiger partial charge < -0.3 is 5.32 Å². The normalized spacial score (nSPS) is 13.3. The Morgan fingerprint density at radius 3 is 2.15 bits per heavy atom. The van der Waals surface area contributed by atoms with Crippen LogP contribution in [0.5, 0.6) is 0 Å². The van der Waals surface area contributed by atoms with Crippen molar-refractivity contribution in [2.24, 2.45) is 0 Å². The van der Waals surface area contributed by atoms with Crippen molar-refractivity contribution in [1.82, 2.24) is 5.32 Å². The number of hydrogen-bond acceptors (Lipinski definition) is 1. The van der Waals surface area contributed by atoms with Crippen molar-refractivity contribution < 1.29 is 18.0 Å². The fourth-order valence-electron chi connectivity index (χ4n) is 0.605. The van der Waals surface area contributed by atoms with Gasteiger partial charge in [-0.25, -0.2) is 0 Å². The number of hydrogen-bond donors (Lipinski definition) is 1. The van der Waals surface area contributed by atoms with Crippen molar-refractivity contribution in [1.29, 1.82) is 0 Å². The second-order valence-corrected chi connectivity index (χ2v) is 2.99. The van der Waals surface area contributed by atoms with Gasteiger partial charge in [0, 0.05) is 17.7 Å². The Bertz CT molecular complexity index is 218. The molecule has 76 valence electrons. The standard InChI is InChI=1S/C8H12F3NO/c1-5(2)12-7(13)4-6(3)8(9,10)11/h4-5H,1-3H3,(H,12,13)/b6-4+. The molecule has 1 N–H and O–H groups in total. The molecule has 0 saturated heterocycles. The smallest absolute Gasteiger partial charge is 0.350 e. The number of carbonyl (C=O) groups is 1. The summed E-state index contributed by atoms with van der Waals surface area (Å²) >= 11 is 0. The summed E-state index contributed by atoms with van der Waals surface area (Å²) in [7, 11) is 0. The lowest BCUT2D eigenvalue weighted by Crippen LogP contribution is -2.29. The highest BCUT2D eigenvalue weighted by atomic mass is 19.4. The Morgan fingerprint density at radius 2 is 1.85 bits per heavy atom. The minimum absolute atomic E-state index is 0.162. The summed E-state index contributed by atoms with van der Waals surface area (Å²) in [5.41, 5.74) is -0.898. The largest absolute Gasteiger partial charge is 0.412 e. The first-order valence-corrected chi connectivity index (χ1v) is 3.79. The first kappa shape index (κ1) is 12.0. The molecule has 0 aliphatic carbocycles. The van der Waals surface area contributed by atoms with Crippen LogP contribution in [0.2, 0.25) is 0 Å². The van der Waals surface area contributed by atoms with E-state index in [-0.39, 0.29) is 6.04 Å². The number of halogens is 3. The summed E-state index contributed by atoms with van der Waals surface area (Å²) in [6.07, 6.45) is -3.87. The quantitative estimate of drug-likeness (QED) is 0.671. The lowest BCUT2D eigenvalue weighted by atomic mass is 10.2. The Hall–Kier alpha value is -1.00. The van der Waals surface area contributed by atoms with E-state index in [1.165, 1.54) is 0 Å². The number of carbonyl (C=O) groups excluding carboxylic acids is 1. The Kier molecular flexibility index (Phi) is 3.97. The average Bonchev–Trinajstić information content (AvgIpc) is 1.82. The minimum Gasteiger partial charge on any atom is -0.350 e. The monoisotopic (exact) mass is 195 g/mol. The highest BCUT2D eigenvalue weighted by Gasteiger charge is 2.30. The van der Waals surface area contributed by atoms with E-state index in [0.717, 1.165) is 6.92 Å². The molecule has 0 aromatic rings. The van der Waals surface area contributed by atoms with Crippen LogP contribution < -0.4 is 5.32 Å². The fourth-order valence-corrected chi connectivity index (χ4v) is 0.605. The molecule has 2 nitrogen and oxygen atoms in total. The van der Waals surface area contributed by atoms with E-state index in [1.54, 1.807) is 13.8 Å². The van der Waals surface area contributed by atoms with Crippen LogP contribution in [0.4, 0.5) is 13.2 Å². The van der Waals surface area contributed by atoms with E-state index in [0.29, 0.717) is 6.08 Å². The van der Waals surface area contributed by atoms with Crippen LogP contribution in [-0.2, 0) is 4.79 Å². The number of allylic oxidation sites excluding steroid dienone is 1. The molecular formula is C8H12F3NO. The molecule has 0 rings (SSSR count). The van der Waals surface area contributed by atoms with Gasteiger partial charge in [-0.15, -0.1) is 0 Å². The van der Waals surface area contributed by atoms with Gasteiger partial charge in [0.15, 0.2) is 0 Å². The number of nitrogens with one attached hydrogen (secondary N) is 1. The van der Waals surface area contributed by atoms with Crippen LogP contribution in [0.15, 0.2) is 11.6 Å². The van der Waals surface area contributed by atoms with Crippen LogP contribution in [0.1, 0.15) is 20.8 Å². The molecular weight excluding hydrogens is 183 g/mol. The van der Waals surface area contributed by atoms with Gasteiger partial charge in [0.1, 0.15) is 0 Å². The van der Waals surface area contributed by atoms with Crippen molar-refractivity contribution in [3.63, 3.8) is 0 Å². The van der Waals surface area contributed by atoms with Crippen molar-refractivity contribution in [2.45, 2.75) is 33.0 Å². The molecule has 0 saturated carbocycles. The van der Waals surface area contributed by atoms with Crippen molar-refractivity contribution in [2.75, 3.05) is 0 Å². The Balaban J connectivity index is 4.32. The SMILES string of the molecule is C/C(=C\C(=O)NC(C)C)C(F)(F)F. The van der Waals surface area contributed by atoms with Crippen molar-refractivity contribution in [3.05, 3.63) is 11.6 Å². The third-order valence-electron chi connectivity index (χ3n) is 1.23. The molecule has 5 heteroatoms. The molecule has 0 aliphatic rings. The average molecular weight is 195 g/mol. The summed E-state index contributed by atoms with van der Waals surface area (Å²) in [5, 5.41) is 2.33. The Labute approximate surface area is 74.8 Å². The van der Waals surface area contributed by atoms with Crippen LogP contribution in [0.3, 0.4) is 0 Å². The topological polar surface area (TPSA) is 29.1 Å².